The molecule has 0 bridgehead atoms. The average Bonchev–Trinajstić information content (AvgIpc) is 2.76. The molecule has 0 spiro atoms. The quantitative estimate of drug-likeness (QED) is 0.657. The zero-order valence-electron chi connectivity index (χ0n) is 11.1. The Morgan fingerprint density at radius 1 is 1.15 bits per heavy atom. The maximum atomic E-state index is 6.25. The molecule has 0 saturated carbocycles. The SMILES string of the molecule is CC(C)n1ncc(Cl)c1C(NN)c1c(Cl)cccc1Cl. The molecule has 2 aromatic rings. The average molecular weight is 334 g/mol. The minimum Gasteiger partial charge on any atom is -0.271 e. The third kappa shape index (κ3) is 2.80. The van der Waals surface area contributed by atoms with Crippen LogP contribution >= 0.6 is 34.8 Å². The molecule has 1 aromatic carbocycles. The van der Waals surface area contributed by atoms with E-state index in [0.29, 0.717) is 20.6 Å². The molecular weight excluding hydrogens is 319 g/mol. The van der Waals surface area contributed by atoms with Crippen molar-refractivity contribution in [3.05, 3.63) is 50.7 Å². The van der Waals surface area contributed by atoms with Crippen molar-refractivity contribution in [2.75, 3.05) is 0 Å². The van der Waals surface area contributed by atoms with Crippen molar-refractivity contribution in [1.29, 1.82) is 0 Å². The van der Waals surface area contributed by atoms with Crippen LogP contribution in [0.2, 0.25) is 15.1 Å². The first-order valence-electron chi connectivity index (χ1n) is 6.10. The molecule has 0 aliphatic rings. The van der Waals surface area contributed by atoms with Gasteiger partial charge in [0.05, 0.1) is 23.0 Å². The van der Waals surface area contributed by atoms with Crippen LogP contribution in [0.5, 0.6) is 0 Å². The van der Waals surface area contributed by atoms with Crippen molar-refractivity contribution in [2.45, 2.75) is 25.9 Å². The Morgan fingerprint density at radius 3 is 2.25 bits per heavy atom. The molecule has 0 amide bonds. The van der Waals surface area contributed by atoms with Gasteiger partial charge in [0.1, 0.15) is 0 Å². The molecule has 108 valence electrons. The van der Waals surface area contributed by atoms with E-state index in [4.69, 9.17) is 40.6 Å². The van der Waals surface area contributed by atoms with E-state index in [0.717, 1.165) is 5.69 Å². The summed E-state index contributed by atoms with van der Waals surface area (Å²) in [6.45, 7) is 4.02. The third-order valence-electron chi connectivity index (χ3n) is 3.00. The van der Waals surface area contributed by atoms with Crippen molar-refractivity contribution in [3.63, 3.8) is 0 Å². The summed E-state index contributed by atoms with van der Waals surface area (Å²) in [6, 6.07) is 5.00. The van der Waals surface area contributed by atoms with Gasteiger partial charge >= 0.3 is 0 Å². The Kier molecular flexibility index (Phi) is 4.94. The Balaban J connectivity index is 2.62. The highest BCUT2D eigenvalue weighted by atomic mass is 35.5. The fourth-order valence-electron chi connectivity index (χ4n) is 2.12. The highest BCUT2D eigenvalue weighted by Crippen LogP contribution is 2.37. The summed E-state index contributed by atoms with van der Waals surface area (Å²) in [6.07, 6.45) is 1.59. The van der Waals surface area contributed by atoms with E-state index in [1.807, 2.05) is 13.8 Å². The maximum absolute atomic E-state index is 6.25. The zero-order chi connectivity index (χ0) is 14.9. The lowest BCUT2D eigenvalue weighted by Crippen LogP contribution is -2.31. The molecule has 20 heavy (non-hydrogen) atoms. The lowest BCUT2D eigenvalue weighted by atomic mass is 10.0. The van der Waals surface area contributed by atoms with Crippen LogP contribution in [-0.2, 0) is 0 Å². The number of hydrogen-bond acceptors (Lipinski definition) is 3. The molecule has 0 aliphatic heterocycles. The van der Waals surface area contributed by atoms with Crippen LogP contribution in [0.15, 0.2) is 24.4 Å². The maximum Gasteiger partial charge on any atom is 0.0922 e. The predicted octanol–water partition coefficient (Wildman–Crippen LogP) is 3.98. The molecule has 0 fully saturated rings. The number of nitrogens with two attached hydrogens (primary N) is 1. The number of hydrazine groups is 1. The van der Waals surface area contributed by atoms with E-state index in [1.54, 1.807) is 29.1 Å². The number of nitrogens with one attached hydrogen (secondary N) is 1. The molecule has 7 heteroatoms. The summed E-state index contributed by atoms with van der Waals surface area (Å²) in [5, 5.41) is 5.83. The molecule has 0 aliphatic carbocycles. The van der Waals surface area contributed by atoms with Gasteiger partial charge in [-0.1, -0.05) is 40.9 Å². The molecule has 1 atom stereocenters. The summed E-state index contributed by atoms with van der Waals surface area (Å²) in [7, 11) is 0. The van der Waals surface area contributed by atoms with Crippen LogP contribution in [0.3, 0.4) is 0 Å². The molecule has 1 heterocycles. The van der Waals surface area contributed by atoms with Gasteiger partial charge in [-0.05, 0) is 26.0 Å². The smallest absolute Gasteiger partial charge is 0.0922 e. The Morgan fingerprint density at radius 2 is 1.75 bits per heavy atom. The van der Waals surface area contributed by atoms with Gasteiger partial charge in [-0.25, -0.2) is 5.43 Å². The minimum absolute atomic E-state index is 0.134. The summed E-state index contributed by atoms with van der Waals surface area (Å²) in [5.41, 5.74) is 4.14. The van der Waals surface area contributed by atoms with Crippen LogP contribution in [0.4, 0.5) is 0 Å². The van der Waals surface area contributed by atoms with Gasteiger partial charge in [-0.2, -0.15) is 5.10 Å². The number of aromatic nitrogens is 2. The Bertz CT molecular complexity index is 589. The molecule has 4 nitrogen and oxygen atoms in total. The monoisotopic (exact) mass is 332 g/mol. The summed E-state index contributed by atoms with van der Waals surface area (Å²) >= 11 is 18.8. The first-order valence-corrected chi connectivity index (χ1v) is 7.23. The topological polar surface area (TPSA) is 55.9 Å². The second-order valence-corrected chi connectivity index (χ2v) is 5.87. The van der Waals surface area contributed by atoms with Crippen LogP contribution in [0, 0.1) is 0 Å². The molecule has 1 aromatic heterocycles. The first kappa shape index (κ1) is 15.6. The van der Waals surface area contributed by atoms with Gasteiger partial charge in [0.15, 0.2) is 0 Å². The van der Waals surface area contributed by atoms with Gasteiger partial charge in [0, 0.05) is 21.7 Å². The second-order valence-electron chi connectivity index (χ2n) is 4.65. The standard InChI is InChI=1S/C13H15Cl3N4/c1-7(2)20-13(10(16)6-18-20)12(19-17)11-8(14)4-3-5-9(11)15/h3-7,12,19H,17H2,1-2H3. The van der Waals surface area contributed by atoms with E-state index in [9.17, 15) is 0 Å². The number of halogens is 3. The van der Waals surface area contributed by atoms with E-state index >= 15 is 0 Å². The molecule has 2 rings (SSSR count). The molecule has 3 N–H and O–H groups in total. The number of hydrogen-bond donors (Lipinski definition) is 2. The molecular formula is C13H15Cl3N4. The summed E-state index contributed by atoms with van der Waals surface area (Å²) in [4.78, 5) is 0. The fraction of sp³-hybridized carbons (Fsp3) is 0.308. The first-order chi connectivity index (χ1) is 9.47. The van der Waals surface area contributed by atoms with Crippen LogP contribution < -0.4 is 11.3 Å². The van der Waals surface area contributed by atoms with Crippen molar-refractivity contribution in [1.82, 2.24) is 15.2 Å². The number of benzene rings is 1. The van der Waals surface area contributed by atoms with Crippen molar-refractivity contribution in [2.24, 2.45) is 5.84 Å². The highest BCUT2D eigenvalue weighted by molar-refractivity contribution is 6.36. The van der Waals surface area contributed by atoms with Crippen LogP contribution in [0.1, 0.15) is 37.2 Å². The Hall–Kier alpha value is -0.780. The number of nitrogens with zero attached hydrogens (tertiary/aromatic N) is 2. The predicted molar refractivity (Wildman–Crippen MR) is 83.3 cm³/mol. The van der Waals surface area contributed by atoms with Crippen LogP contribution in [0.25, 0.3) is 0 Å². The van der Waals surface area contributed by atoms with Crippen LogP contribution in [-0.4, -0.2) is 9.78 Å². The summed E-state index contributed by atoms with van der Waals surface area (Å²) in [5.74, 6) is 5.70. The minimum atomic E-state index is -0.436. The molecule has 1 unspecified atom stereocenters. The largest absolute Gasteiger partial charge is 0.271 e. The third-order valence-corrected chi connectivity index (χ3v) is 3.96. The zero-order valence-corrected chi connectivity index (χ0v) is 13.3. The Labute approximate surface area is 132 Å². The van der Waals surface area contributed by atoms with E-state index < -0.39 is 6.04 Å². The molecule has 0 saturated heterocycles. The normalized spacial score (nSPS) is 12.9. The fourth-order valence-corrected chi connectivity index (χ4v) is 2.97. The van der Waals surface area contributed by atoms with E-state index in [2.05, 4.69) is 10.5 Å². The number of rotatable bonds is 4. The van der Waals surface area contributed by atoms with Gasteiger partial charge < -0.3 is 0 Å². The van der Waals surface area contributed by atoms with Crippen molar-refractivity contribution >= 4 is 34.8 Å². The molecule has 0 radical (unpaired) electrons. The lowest BCUT2D eigenvalue weighted by molar-refractivity contribution is 0.476. The summed E-state index contributed by atoms with van der Waals surface area (Å²) < 4.78 is 1.80. The highest BCUT2D eigenvalue weighted by Gasteiger charge is 2.26. The second kappa shape index (κ2) is 6.33. The van der Waals surface area contributed by atoms with Gasteiger partial charge in [-0.3, -0.25) is 10.5 Å². The van der Waals surface area contributed by atoms with Crippen molar-refractivity contribution in [3.8, 4) is 0 Å². The van der Waals surface area contributed by atoms with Crippen molar-refractivity contribution < 1.29 is 0 Å². The van der Waals surface area contributed by atoms with Gasteiger partial charge in [0.25, 0.3) is 0 Å². The van der Waals surface area contributed by atoms with E-state index in [1.165, 1.54) is 0 Å². The van der Waals surface area contributed by atoms with Gasteiger partial charge in [0.2, 0.25) is 0 Å². The van der Waals surface area contributed by atoms with Gasteiger partial charge in [-0.15, -0.1) is 0 Å². The lowest BCUT2D eigenvalue weighted by Gasteiger charge is -2.22. The van der Waals surface area contributed by atoms with E-state index in [-0.39, 0.29) is 6.04 Å².